The third-order valence-corrected chi connectivity index (χ3v) is 3.67. The molecule has 0 radical (unpaired) electrons. The summed E-state index contributed by atoms with van der Waals surface area (Å²) in [6.07, 6.45) is 2.53. The minimum absolute atomic E-state index is 0.250. The predicted molar refractivity (Wildman–Crippen MR) is 60.5 cm³/mol. The molecule has 1 aliphatic heterocycles. The summed E-state index contributed by atoms with van der Waals surface area (Å²) in [6, 6.07) is 4.91. The van der Waals surface area contributed by atoms with Crippen molar-refractivity contribution >= 4 is 17.4 Å². The Morgan fingerprint density at radius 2 is 2.40 bits per heavy atom. The largest absolute Gasteiger partial charge is 0.395 e. The van der Waals surface area contributed by atoms with Crippen molar-refractivity contribution in [3.05, 3.63) is 24.0 Å². The molecule has 1 aliphatic rings. The fourth-order valence-electron chi connectivity index (χ4n) is 1.60. The highest BCUT2D eigenvalue weighted by Crippen LogP contribution is 2.29. The van der Waals surface area contributed by atoms with Crippen molar-refractivity contribution in [3.8, 4) is 0 Å². The monoisotopic (exact) mass is 227 g/mol. The molecular weight excluding hydrogens is 213 g/mol. The van der Waals surface area contributed by atoms with Gasteiger partial charge in [-0.15, -0.1) is 11.8 Å². The van der Waals surface area contributed by atoms with Crippen LogP contribution in [0.1, 0.15) is 12.8 Å². The van der Waals surface area contributed by atoms with Gasteiger partial charge in [-0.3, -0.25) is 0 Å². The fraction of sp³-hybridized carbons (Fsp3) is 0.455. The van der Waals surface area contributed by atoms with E-state index in [0.29, 0.717) is 6.10 Å². The van der Waals surface area contributed by atoms with E-state index in [-0.39, 0.29) is 11.5 Å². The molecule has 1 aromatic carbocycles. The molecule has 2 N–H and O–H groups in total. The number of hydrogen-bond donors (Lipinski definition) is 1. The molecular formula is C11H14FNOS. The number of para-hydroxylation sites is 1. The van der Waals surface area contributed by atoms with Crippen LogP contribution in [0.25, 0.3) is 0 Å². The number of hydrogen-bond acceptors (Lipinski definition) is 3. The van der Waals surface area contributed by atoms with Gasteiger partial charge in [-0.1, -0.05) is 6.07 Å². The molecule has 0 spiro atoms. The van der Waals surface area contributed by atoms with Crippen LogP contribution in [-0.2, 0) is 4.74 Å². The van der Waals surface area contributed by atoms with Gasteiger partial charge in [-0.05, 0) is 25.0 Å². The van der Waals surface area contributed by atoms with E-state index in [9.17, 15) is 4.39 Å². The molecule has 1 unspecified atom stereocenters. The maximum absolute atomic E-state index is 13.1. The molecule has 0 aromatic heterocycles. The van der Waals surface area contributed by atoms with Crippen LogP contribution >= 0.6 is 11.8 Å². The minimum atomic E-state index is -0.340. The summed E-state index contributed by atoms with van der Waals surface area (Å²) in [5.41, 5.74) is 5.88. The third-order valence-electron chi connectivity index (χ3n) is 2.46. The lowest BCUT2D eigenvalue weighted by atomic mass is 10.3. The van der Waals surface area contributed by atoms with E-state index in [1.807, 2.05) is 6.07 Å². The van der Waals surface area contributed by atoms with E-state index in [0.717, 1.165) is 30.1 Å². The smallest absolute Gasteiger partial charge is 0.147 e. The lowest BCUT2D eigenvalue weighted by Crippen LogP contribution is -2.08. The zero-order chi connectivity index (χ0) is 10.7. The standard InChI is InChI=1S/C11H14FNOS/c12-9-4-1-5-10(11(9)13)15-7-8-3-2-6-14-8/h1,4-5,8H,2-3,6-7,13H2. The van der Waals surface area contributed by atoms with Crippen LogP contribution in [0, 0.1) is 5.82 Å². The van der Waals surface area contributed by atoms with Gasteiger partial charge < -0.3 is 10.5 Å². The van der Waals surface area contributed by atoms with Gasteiger partial charge in [0.15, 0.2) is 0 Å². The Balaban J connectivity index is 1.95. The highest BCUT2D eigenvalue weighted by molar-refractivity contribution is 7.99. The molecule has 2 rings (SSSR count). The first-order chi connectivity index (χ1) is 7.27. The highest BCUT2D eigenvalue weighted by atomic mass is 32.2. The van der Waals surface area contributed by atoms with E-state index >= 15 is 0 Å². The molecule has 0 bridgehead atoms. The maximum Gasteiger partial charge on any atom is 0.147 e. The third kappa shape index (κ3) is 2.63. The molecule has 0 amide bonds. The van der Waals surface area contributed by atoms with Crippen LogP contribution in [0.15, 0.2) is 23.1 Å². The van der Waals surface area contributed by atoms with Gasteiger partial charge in [0, 0.05) is 17.3 Å². The summed E-state index contributed by atoms with van der Waals surface area (Å²) in [6.45, 7) is 0.851. The van der Waals surface area contributed by atoms with Gasteiger partial charge in [-0.2, -0.15) is 0 Å². The van der Waals surface area contributed by atoms with Crippen molar-refractivity contribution in [2.75, 3.05) is 18.1 Å². The minimum Gasteiger partial charge on any atom is -0.395 e. The first-order valence-electron chi connectivity index (χ1n) is 5.06. The second-order valence-electron chi connectivity index (χ2n) is 3.60. The Labute approximate surface area is 93.0 Å². The number of rotatable bonds is 3. The van der Waals surface area contributed by atoms with E-state index in [2.05, 4.69) is 0 Å². The van der Waals surface area contributed by atoms with Crippen molar-refractivity contribution in [1.29, 1.82) is 0 Å². The Morgan fingerprint density at radius 1 is 1.53 bits per heavy atom. The molecule has 15 heavy (non-hydrogen) atoms. The van der Waals surface area contributed by atoms with Crippen LogP contribution in [0.4, 0.5) is 10.1 Å². The average molecular weight is 227 g/mol. The van der Waals surface area contributed by atoms with E-state index in [1.54, 1.807) is 17.8 Å². The first-order valence-corrected chi connectivity index (χ1v) is 6.04. The lowest BCUT2D eigenvalue weighted by Gasteiger charge is -2.10. The number of thioether (sulfide) groups is 1. The summed E-state index contributed by atoms with van der Waals surface area (Å²) in [7, 11) is 0. The Kier molecular flexibility index (Phi) is 3.49. The van der Waals surface area contributed by atoms with Crippen molar-refractivity contribution in [3.63, 3.8) is 0 Å². The molecule has 82 valence electrons. The Morgan fingerprint density at radius 3 is 3.13 bits per heavy atom. The highest BCUT2D eigenvalue weighted by Gasteiger charge is 2.16. The zero-order valence-electron chi connectivity index (χ0n) is 8.41. The van der Waals surface area contributed by atoms with Gasteiger partial charge in [0.05, 0.1) is 11.8 Å². The Bertz CT molecular complexity index is 339. The number of nitrogen functional groups attached to an aromatic ring is 1. The fourth-order valence-corrected chi connectivity index (χ4v) is 2.66. The quantitative estimate of drug-likeness (QED) is 0.637. The molecule has 2 nitrogen and oxygen atoms in total. The average Bonchev–Trinajstić information content (AvgIpc) is 2.73. The van der Waals surface area contributed by atoms with Gasteiger partial charge in [0.25, 0.3) is 0 Å². The van der Waals surface area contributed by atoms with Crippen molar-refractivity contribution in [2.45, 2.75) is 23.8 Å². The van der Waals surface area contributed by atoms with Gasteiger partial charge in [-0.25, -0.2) is 4.39 Å². The van der Waals surface area contributed by atoms with E-state index in [4.69, 9.17) is 10.5 Å². The van der Waals surface area contributed by atoms with Crippen molar-refractivity contribution in [1.82, 2.24) is 0 Å². The molecule has 1 saturated heterocycles. The zero-order valence-corrected chi connectivity index (χ0v) is 9.23. The molecule has 1 atom stereocenters. The first kappa shape index (κ1) is 10.8. The number of benzene rings is 1. The van der Waals surface area contributed by atoms with Gasteiger partial charge >= 0.3 is 0 Å². The van der Waals surface area contributed by atoms with Crippen molar-refractivity contribution < 1.29 is 9.13 Å². The summed E-state index contributed by atoms with van der Waals surface area (Å²) in [5, 5.41) is 0. The predicted octanol–water partition coefficient (Wildman–Crippen LogP) is 2.68. The van der Waals surface area contributed by atoms with Crippen LogP contribution in [0.3, 0.4) is 0 Å². The number of nitrogens with two attached hydrogens (primary N) is 1. The van der Waals surface area contributed by atoms with Gasteiger partial charge in [0.2, 0.25) is 0 Å². The summed E-state index contributed by atoms with van der Waals surface area (Å²) < 4.78 is 18.6. The maximum atomic E-state index is 13.1. The molecule has 0 saturated carbocycles. The summed E-state index contributed by atoms with van der Waals surface area (Å²) >= 11 is 1.57. The van der Waals surface area contributed by atoms with Gasteiger partial charge in [0.1, 0.15) is 5.82 Å². The molecule has 1 fully saturated rings. The topological polar surface area (TPSA) is 35.2 Å². The Hall–Kier alpha value is -0.740. The second kappa shape index (κ2) is 4.86. The number of halogens is 1. The van der Waals surface area contributed by atoms with E-state index < -0.39 is 0 Å². The van der Waals surface area contributed by atoms with Crippen LogP contribution in [0.5, 0.6) is 0 Å². The lowest BCUT2D eigenvalue weighted by molar-refractivity contribution is 0.129. The summed E-state index contributed by atoms with van der Waals surface area (Å²) in [5.74, 6) is 0.514. The molecule has 1 aromatic rings. The second-order valence-corrected chi connectivity index (χ2v) is 4.66. The van der Waals surface area contributed by atoms with Crippen LogP contribution < -0.4 is 5.73 Å². The normalized spacial score (nSPS) is 20.7. The van der Waals surface area contributed by atoms with E-state index in [1.165, 1.54) is 6.07 Å². The summed E-state index contributed by atoms with van der Waals surface area (Å²) in [4.78, 5) is 0.811. The molecule has 0 aliphatic carbocycles. The SMILES string of the molecule is Nc1c(F)cccc1SCC1CCCO1. The van der Waals surface area contributed by atoms with Crippen LogP contribution in [-0.4, -0.2) is 18.5 Å². The molecule has 4 heteroatoms. The number of ether oxygens (including phenoxy) is 1. The number of anilines is 1. The van der Waals surface area contributed by atoms with Crippen molar-refractivity contribution in [2.24, 2.45) is 0 Å². The molecule has 1 heterocycles. The van der Waals surface area contributed by atoms with Crippen LogP contribution in [0.2, 0.25) is 0 Å².